The second-order valence-corrected chi connectivity index (χ2v) is 8.24. The molecule has 6 heteroatoms. The molecule has 2 aromatic rings. The lowest BCUT2D eigenvalue weighted by Gasteiger charge is -2.37. The average molecular weight is 393 g/mol. The number of benzene rings is 1. The zero-order valence-electron chi connectivity index (χ0n) is 17.3. The van der Waals surface area contributed by atoms with E-state index >= 15 is 0 Å². The van der Waals surface area contributed by atoms with Crippen molar-refractivity contribution in [1.82, 2.24) is 9.88 Å². The summed E-state index contributed by atoms with van der Waals surface area (Å²) in [6.45, 7) is 7.85. The summed E-state index contributed by atoms with van der Waals surface area (Å²) in [5, 5.41) is 19.0. The van der Waals surface area contributed by atoms with Crippen molar-refractivity contribution in [2.24, 2.45) is 0 Å². The lowest BCUT2D eigenvalue weighted by molar-refractivity contribution is -0.0309. The summed E-state index contributed by atoms with van der Waals surface area (Å²) in [5.41, 5.74) is 3.21. The van der Waals surface area contributed by atoms with E-state index in [1.807, 2.05) is 44.2 Å². The van der Waals surface area contributed by atoms with Gasteiger partial charge in [-0.05, 0) is 45.4 Å². The molecule has 0 radical (unpaired) electrons. The summed E-state index contributed by atoms with van der Waals surface area (Å²) in [6, 6.07) is 13.6. The van der Waals surface area contributed by atoms with E-state index in [0.29, 0.717) is 30.6 Å². The van der Waals surface area contributed by atoms with Gasteiger partial charge in [0.25, 0.3) is 0 Å². The maximum absolute atomic E-state index is 12.5. The van der Waals surface area contributed by atoms with E-state index in [-0.39, 0.29) is 18.2 Å². The van der Waals surface area contributed by atoms with Gasteiger partial charge < -0.3 is 14.7 Å². The molecule has 3 rings (SSSR count). The van der Waals surface area contributed by atoms with Crippen LogP contribution in [0.5, 0.6) is 0 Å². The van der Waals surface area contributed by atoms with E-state index in [1.54, 1.807) is 24.8 Å². The first-order valence-electron chi connectivity index (χ1n) is 9.85. The normalized spacial score (nSPS) is 18.1. The third kappa shape index (κ3) is 4.93. The van der Waals surface area contributed by atoms with Gasteiger partial charge in [-0.1, -0.05) is 24.3 Å². The Morgan fingerprint density at radius 1 is 1.31 bits per heavy atom. The number of hydrogen-bond donors (Lipinski definition) is 1. The molecule has 1 aromatic heterocycles. The molecule has 1 aliphatic rings. The Morgan fingerprint density at radius 2 is 2.00 bits per heavy atom. The summed E-state index contributed by atoms with van der Waals surface area (Å²) in [5.74, 6) is 0. The highest BCUT2D eigenvalue weighted by molar-refractivity contribution is 5.69. The molecule has 29 heavy (non-hydrogen) atoms. The molecule has 1 saturated heterocycles. The van der Waals surface area contributed by atoms with Gasteiger partial charge >= 0.3 is 6.09 Å². The topological polar surface area (TPSA) is 86.5 Å². The zero-order chi connectivity index (χ0) is 21.2. The molecule has 1 N–H and O–H groups in total. The van der Waals surface area contributed by atoms with Crippen LogP contribution >= 0.6 is 0 Å². The molecular formula is C23H27N3O3. The van der Waals surface area contributed by atoms with Gasteiger partial charge in [0, 0.05) is 24.9 Å². The maximum atomic E-state index is 12.5. The number of aromatic nitrogens is 1. The fourth-order valence-corrected chi connectivity index (χ4v) is 3.65. The monoisotopic (exact) mass is 393 g/mol. The molecule has 1 aromatic carbocycles. The molecule has 152 valence electrons. The minimum Gasteiger partial charge on any atom is -0.446 e. The number of carbonyl (C=O) groups excluding carboxylic acids is 1. The van der Waals surface area contributed by atoms with Crippen LogP contribution in [0.3, 0.4) is 0 Å². The molecule has 0 bridgehead atoms. The quantitative estimate of drug-likeness (QED) is 0.815. The Balaban J connectivity index is 1.69. The number of rotatable bonds is 5. The molecular weight excluding hydrogens is 366 g/mol. The van der Waals surface area contributed by atoms with Gasteiger partial charge in [-0.25, -0.2) is 4.79 Å². The molecule has 1 fully saturated rings. The maximum Gasteiger partial charge on any atom is 0.410 e. The molecule has 1 aliphatic heterocycles. The molecule has 0 aliphatic carbocycles. The Hall–Kier alpha value is -2.91. The lowest BCUT2D eigenvalue weighted by atomic mass is 9.97. The number of hydrogen-bond acceptors (Lipinski definition) is 5. The van der Waals surface area contributed by atoms with Crippen molar-refractivity contribution in [3.05, 3.63) is 53.2 Å². The van der Waals surface area contributed by atoms with Crippen LogP contribution in [0.15, 0.2) is 36.4 Å². The minimum atomic E-state index is -0.855. The Kier molecular flexibility index (Phi) is 5.90. The number of nitrogens with zero attached hydrogens (tertiary/aromatic N) is 3. The number of ether oxygens (including phenoxy) is 1. The lowest BCUT2D eigenvalue weighted by Crippen LogP contribution is -2.45. The number of aliphatic hydroxyl groups is 1. The third-order valence-corrected chi connectivity index (χ3v) is 5.28. The summed E-state index contributed by atoms with van der Waals surface area (Å²) in [6.07, 6.45) is 0.546. The molecule has 1 unspecified atom stereocenters. The molecule has 6 nitrogen and oxygen atoms in total. The van der Waals surface area contributed by atoms with Crippen molar-refractivity contribution < 1.29 is 14.6 Å². The molecule has 0 saturated carbocycles. The average Bonchev–Trinajstić information content (AvgIpc) is 2.66. The van der Waals surface area contributed by atoms with Gasteiger partial charge in [-0.15, -0.1) is 0 Å². The van der Waals surface area contributed by atoms with E-state index in [1.165, 1.54) is 0 Å². The van der Waals surface area contributed by atoms with E-state index in [4.69, 9.17) is 10.00 Å². The molecule has 1 amide bonds. The first-order valence-corrected chi connectivity index (χ1v) is 9.85. The van der Waals surface area contributed by atoms with Gasteiger partial charge in [-0.2, -0.15) is 5.26 Å². The minimum absolute atomic E-state index is 0.115. The predicted molar refractivity (Wildman–Crippen MR) is 110 cm³/mol. The highest BCUT2D eigenvalue weighted by Gasteiger charge is 2.33. The van der Waals surface area contributed by atoms with Gasteiger partial charge in [0.1, 0.15) is 12.2 Å². The van der Waals surface area contributed by atoms with Crippen LogP contribution in [0.2, 0.25) is 0 Å². The third-order valence-electron chi connectivity index (χ3n) is 5.28. The summed E-state index contributed by atoms with van der Waals surface area (Å²) in [7, 11) is 0. The van der Waals surface area contributed by atoms with Crippen molar-refractivity contribution in [1.29, 1.82) is 5.26 Å². The van der Waals surface area contributed by atoms with Gasteiger partial charge in [0.15, 0.2) is 0 Å². The Labute approximate surface area is 171 Å². The zero-order valence-corrected chi connectivity index (χ0v) is 17.3. The molecule has 2 atom stereocenters. The Bertz CT molecular complexity index is 926. The number of amides is 1. The van der Waals surface area contributed by atoms with Crippen LogP contribution in [0.1, 0.15) is 56.5 Å². The second kappa shape index (κ2) is 8.22. The predicted octanol–water partition coefficient (Wildman–Crippen LogP) is 4.36. The van der Waals surface area contributed by atoms with Crippen molar-refractivity contribution in [3.63, 3.8) is 0 Å². The van der Waals surface area contributed by atoms with Crippen LogP contribution in [-0.4, -0.2) is 39.3 Å². The van der Waals surface area contributed by atoms with Crippen LogP contribution in [0, 0.1) is 18.3 Å². The number of cyclic esters (lactones) is 1. The summed E-state index contributed by atoms with van der Waals surface area (Å²) in [4.78, 5) is 18.7. The van der Waals surface area contributed by atoms with E-state index in [2.05, 4.69) is 11.1 Å². The van der Waals surface area contributed by atoms with Crippen LogP contribution < -0.4 is 0 Å². The van der Waals surface area contributed by atoms with Crippen molar-refractivity contribution in [3.8, 4) is 17.3 Å². The summed E-state index contributed by atoms with van der Waals surface area (Å²) < 4.78 is 5.54. The first-order chi connectivity index (χ1) is 13.7. The Morgan fingerprint density at radius 3 is 2.55 bits per heavy atom. The molecule has 0 spiro atoms. The fraction of sp³-hybridized carbons (Fsp3) is 0.435. The number of pyridine rings is 1. The van der Waals surface area contributed by atoms with Crippen LogP contribution in [0.4, 0.5) is 4.79 Å². The highest BCUT2D eigenvalue weighted by Crippen LogP contribution is 2.29. The highest BCUT2D eigenvalue weighted by atomic mass is 16.6. The fourth-order valence-electron chi connectivity index (χ4n) is 3.65. The smallest absolute Gasteiger partial charge is 0.410 e. The van der Waals surface area contributed by atoms with Crippen LogP contribution in [-0.2, 0) is 4.74 Å². The standard InChI is InChI=1S/C23H27N3O3/c1-15-19(14-24)9-10-21(25-15)18-7-5-17(6-8-18)16(2)26-12-11-20(29-22(26)27)13-23(3,4)28/h5-10,16,20,28H,11-13H2,1-4H3/t16?,20-/m0/s1. The van der Waals surface area contributed by atoms with Crippen molar-refractivity contribution in [2.75, 3.05) is 6.54 Å². The van der Waals surface area contributed by atoms with Gasteiger partial charge in [0.2, 0.25) is 0 Å². The van der Waals surface area contributed by atoms with E-state index < -0.39 is 5.60 Å². The number of aryl methyl sites for hydroxylation is 1. The van der Waals surface area contributed by atoms with E-state index in [0.717, 1.165) is 16.8 Å². The molecule has 2 heterocycles. The first kappa shape index (κ1) is 20.8. The summed E-state index contributed by atoms with van der Waals surface area (Å²) >= 11 is 0. The second-order valence-electron chi connectivity index (χ2n) is 8.24. The largest absolute Gasteiger partial charge is 0.446 e. The number of carbonyl (C=O) groups is 1. The van der Waals surface area contributed by atoms with E-state index in [9.17, 15) is 9.90 Å². The van der Waals surface area contributed by atoms with Gasteiger partial charge in [0.05, 0.1) is 28.6 Å². The van der Waals surface area contributed by atoms with Crippen molar-refractivity contribution in [2.45, 2.75) is 58.3 Å². The SMILES string of the molecule is Cc1nc(-c2ccc(C(C)N3CC[C@@H](CC(C)(C)O)OC3=O)cc2)ccc1C#N. The van der Waals surface area contributed by atoms with Crippen molar-refractivity contribution >= 4 is 6.09 Å². The number of nitriles is 1. The van der Waals surface area contributed by atoms with Gasteiger partial charge in [-0.3, -0.25) is 4.98 Å². The van der Waals surface area contributed by atoms with Crippen LogP contribution in [0.25, 0.3) is 11.3 Å².